The van der Waals surface area contributed by atoms with E-state index in [9.17, 15) is 9.59 Å². The van der Waals surface area contributed by atoms with Crippen LogP contribution in [0.15, 0.2) is 59.1 Å². The van der Waals surface area contributed by atoms with Gasteiger partial charge in [0.25, 0.3) is 0 Å². The summed E-state index contributed by atoms with van der Waals surface area (Å²) in [5.74, 6) is 0.0740. The molecule has 3 amide bonds. The summed E-state index contributed by atoms with van der Waals surface area (Å²) in [6, 6.07) is 17.5. The van der Waals surface area contributed by atoms with Crippen molar-refractivity contribution in [3.05, 3.63) is 70.2 Å². The summed E-state index contributed by atoms with van der Waals surface area (Å²) in [4.78, 5) is 26.4. The number of likely N-dealkylation sites (tertiary alicyclic amines) is 1. The second-order valence-corrected chi connectivity index (χ2v) is 7.63. The van der Waals surface area contributed by atoms with Gasteiger partial charge in [0.15, 0.2) is 0 Å². The zero-order valence-corrected chi connectivity index (χ0v) is 16.9. The van der Waals surface area contributed by atoms with Crippen LogP contribution in [0, 0.1) is 0 Å². The maximum absolute atomic E-state index is 12.4. The molecule has 2 unspecified atom stereocenters. The Balaban J connectivity index is 1.46. The van der Waals surface area contributed by atoms with Crippen molar-refractivity contribution < 1.29 is 9.59 Å². The molecule has 2 aromatic carbocycles. The van der Waals surface area contributed by atoms with E-state index in [2.05, 4.69) is 26.6 Å². The highest BCUT2D eigenvalue weighted by molar-refractivity contribution is 9.10. The first-order chi connectivity index (χ1) is 13.0. The third kappa shape index (κ3) is 5.10. The van der Waals surface area contributed by atoms with Gasteiger partial charge < -0.3 is 15.5 Å². The number of carbonyl (C=O) groups is 2. The molecule has 5 nitrogen and oxygen atoms in total. The first-order valence-electron chi connectivity index (χ1n) is 9.17. The fourth-order valence-electron chi connectivity index (χ4n) is 3.36. The van der Waals surface area contributed by atoms with Gasteiger partial charge in [-0.15, -0.1) is 0 Å². The summed E-state index contributed by atoms with van der Waals surface area (Å²) >= 11 is 3.51. The van der Waals surface area contributed by atoms with Gasteiger partial charge in [-0.2, -0.15) is 0 Å². The quantitative estimate of drug-likeness (QED) is 0.735. The van der Waals surface area contributed by atoms with E-state index >= 15 is 0 Å². The highest BCUT2D eigenvalue weighted by Gasteiger charge is 2.33. The summed E-state index contributed by atoms with van der Waals surface area (Å²) in [5, 5.41) is 5.80. The number of rotatable bonds is 6. The molecule has 1 fully saturated rings. The van der Waals surface area contributed by atoms with Crippen molar-refractivity contribution in [2.45, 2.75) is 31.8 Å². The van der Waals surface area contributed by atoms with Gasteiger partial charge in [-0.1, -0.05) is 64.5 Å². The predicted molar refractivity (Wildman–Crippen MR) is 109 cm³/mol. The second kappa shape index (κ2) is 9.04. The van der Waals surface area contributed by atoms with Gasteiger partial charge in [0.1, 0.15) is 0 Å². The lowest BCUT2D eigenvalue weighted by atomic mass is 10.1. The largest absolute Gasteiger partial charge is 0.338 e. The van der Waals surface area contributed by atoms with E-state index in [1.54, 1.807) is 0 Å². The first kappa shape index (κ1) is 19.4. The van der Waals surface area contributed by atoms with Crippen LogP contribution in [-0.4, -0.2) is 36.0 Å². The first-order valence-corrected chi connectivity index (χ1v) is 9.96. The van der Waals surface area contributed by atoms with Gasteiger partial charge >= 0.3 is 6.03 Å². The number of benzene rings is 2. The summed E-state index contributed by atoms with van der Waals surface area (Å²) < 4.78 is 1.04. The maximum Gasteiger partial charge on any atom is 0.315 e. The molecular weight excluding hydrogens is 406 g/mol. The fraction of sp³-hybridized carbons (Fsp3) is 0.333. The maximum atomic E-state index is 12.4. The van der Waals surface area contributed by atoms with Crippen LogP contribution in [0.2, 0.25) is 0 Å². The third-order valence-electron chi connectivity index (χ3n) is 4.88. The molecule has 2 atom stereocenters. The number of hydrogen-bond donors (Lipinski definition) is 2. The Bertz CT molecular complexity index is 797. The summed E-state index contributed by atoms with van der Waals surface area (Å²) in [6.07, 6.45) is 1.09. The monoisotopic (exact) mass is 429 g/mol. The Morgan fingerprint density at radius 2 is 1.89 bits per heavy atom. The Morgan fingerprint density at radius 3 is 2.63 bits per heavy atom. The van der Waals surface area contributed by atoms with E-state index in [1.807, 2.05) is 66.4 Å². The zero-order chi connectivity index (χ0) is 19.2. The predicted octanol–water partition coefficient (Wildman–Crippen LogP) is 3.65. The lowest BCUT2D eigenvalue weighted by Gasteiger charge is -2.25. The molecule has 0 radical (unpaired) electrons. The van der Waals surface area contributed by atoms with Gasteiger partial charge in [-0.05, 0) is 30.5 Å². The van der Waals surface area contributed by atoms with Crippen LogP contribution in [0.25, 0.3) is 0 Å². The normalized spacial score (nSPS) is 17.6. The van der Waals surface area contributed by atoms with E-state index in [4.69, 9.17) is 0 Å². The van der Waals surface area contributed by atoms with Crippen LogP contribution < -0.4 is 10.6 Å². The molecule has 0 saturated carbocycles. The Hall–Kier alpha value is -2.34. The molecule has 0 aliphatic carbocycles. The van der Waals surface area contributed by atoms with E-state index in [-0.39, 0.29) is 24.0 Å². The van der Waals surface area contributed by atoms with Gasteiger partial charge in [-0.25, -0.2) is 4.79 Å². The van der Waals surface area contributed by atoms with Crippen LogP contribution in [0.1, 0.15) is 30.5 Å². The van der Waals surface area contributed by atoms with Crippen LogP contribution >= 0.6 is 15.9 Å². The minimum Gasteiger partial charge on any atom is -0.338 e. The molecule has 3 rings (SSSR count). The van der Waals surface area contributed by atoms with E-state index in [0.29, 0.717) is 19.5 Å². The van der Waals surface area contributed by atoms with Gasteiger partial charge in [0.05, 0.1) is 12.1 Å². The Labute approximate surface area is 168 Å². The lowest BCUT2D eigenvalue weighted by molar-refractivity contribution is -0.129. The highest BCUT2D eigenvalue weighted by Crippen LogP contribution is 2.25. The van der Waals surface area contributed by atoms with Crippen molar-refractivity contribution >= 4 is 27.9 Å². The Kier molecular flexibility index (Phi) is 6.50. The molecular formula is C21H24BrN3O2. The molecule has 0 spiro atoms. The molecule has 142 valence electrons. The second-order valence-electron chi connectivity index (χ2n) is 6.78. The number of nitrogens with one attached hydrogen (secondary N) is 2. The van der Waals surface area contributed by atoms with Gasteiger partial charge in [0, 0.05) is 24.0 Å². The molecule has 1 heterocycles. The molecule has 1 aliphatic heterocycles. The van der Waals surface area contributed by atoms with E-state index in [0.717, 1.165) is 22.0 Å². The minimum absolute atomic E-state index is 0.00370. The lowest BCUT2D eigenvalue weighted by Crippen LogP contribution is -2.44. The van der Waals surface area contributed by atoms with Crippen molar-refractivity contribution in [3.63, 3.8) is 0 Å². The average Bonchev–Trinajstić information content (AvgIpc) is 3.03. The third-order valence-corrected chi connectivity index (χ3v) is 5.65. The molecule has 6 heteroatoms. The van der Waals surface area contributed by atoms with Crippen LogP contribution in [0.5, 0.6) is 0 Å². The van der Waals surface area contributed by atoms with Crippen LogP contribution in [-0.2, 0) is 11.2 Å². The van der Waals surface area contributed by atoms with Crippen molar-refractivity contribution in [3.8, 4) is 0 Å². The molecule has 0 aromatic heterocycles. The van der Waals surface area contributed by atoms with E-state index in [1.165, 1.54) is 0 Å². The number of nitrogens with zero attached hydrogens (tertiary/aromatic N) is 1. The Morgan fingerprint density at radius 1 is 1.19 bits per heavy atom. The van der Waals surface area contributed by atoms with Gasteiger partial charge in [-0.3, -0.25) is 4.79 Å². The molecule has 1 saturated heterocycles. The summed E-state index contributed by atoms with van der Waals surface area (Å²) in [6.45, 7) is 3.10. The molecule has 2 aromatic rings. The summed E-state index contributed by atoms with van der Waals surface area (Å²) in [5.41, 5.74) is 2.25. The number of halogens is 1. The molecule has 0 bridgehead atoms. The minimum atomic E-state index is -0.228. The smallest absolute Gasteiger partial charge is 0.315 e. The highest BCUT2D eigenvalue weighted by atomic mass is 79.9. The van der Waals surface area contributed by atoms with E-state index < -0.39 is 0 Å². The van der Waals surface area contributed by atoms with Crippen molar-refractivity contribution in [1.29, 1.82) is 0 Å². The fourth-order valence-corrected chi connectivity index (χ4v) is 3.85. The zero-order valence-electron chi connectivity index (χ0n) is 15.3. The molecule has 27 heavy (non-hydrogen) atoms. The topological polar surface area (TPSA) is 61.4 Å². The van der Waals surface area contributed by atoms with Gasteiger partial charge in [0.2, 0.25) is 5.91 Å². The average molecular weight is 430 g/mol. The van der Waals surface area contributed by atoms with Crippen LogP contribution in [0.3, 0.4) is 0 Å². The molecule has 2 N–H and O–H groups in total. The number of carbonyl (C=O) groups excluding carboxylic acids is 2. The van der Waals surface area contributed by atoms with Crippen molar-refractivity contribution in [2.75, 3.05) is 13.1 Å². The van der Waals surface area contributed by atoms with Crippen molar-refractivity contribution in [2.24, 2.45) is 0 Å². The van der Waals surface area contributed by atoms with Crippen molar-refractivity contribution in [1.82, 2.24) is 15.5 Å². The number of hydrogen-bond acceptors (Lipinski definition) is 2. The summed E-state index contributed by atoms with van der Waals surface area (Å²) in [7, 11) is 0. The number of amides is 3. The van der Waals surface area contributed by atoms with Crippen LogP contribution in [0.4, 0.5) is 4.79 Å². The SMILES string of the molecule is CC(c1ccccc1)N1CC(NC(=O)NCCc2ccccc2Br)CC1=O. The molecule has 1 aliphatic rings. The standard InChI is InChI=1S/C21H24BrN3O2/c1-15(16-7-3-2-4-8-16)25-14-18(13-20(25)26)24-21(27)23-12-11-17-9-5-6-10-19(17)22/h2-10,15,18H,11-14H2,1H3,(H2,23,24,27). The number of urea groups is 1.